The number of carbonyl (C=O) groups excluding carboxylic acids is 1. The Morgan fingerprint density at radius 2 is 1.80 bits per heavy atom. The lowest BCUT2D eigenvalue weighted by atomic mass is 10.0. The van der Waals surface area contributed by atoms with E-state index in [2.05, 4.69) is 4.98 Å². The first kappa shape index (κ1) is 14.2. The van der Waals surface area contributed by atoms with Crippen LogP contribution >= 0.6 is 0 Å². The van der Waals surface area contributed by atoms with Gasteiger partial charge < -0.3 is 0 Å². The summed E-state index contributed by atoms with van der Waals surface area (Å²) in [5, 5.41) is 0. The van der Waals surface area contributed by atoms with E-state index in [-0.39, 0.29) is 17.9 Å². The first-order valence-corrected chi connectivity index (χ1v) is 6.54. The maximum absolute atomic E-state index is 12.3. The summed E-state index contributed by atoms with van der Waals surface area (Å²) in [5.74, 6) is 0.483. The molecule has 0 fully saturated rings. The second-order valence-electron chi connectivity index (χ2n) is 5.09. The van der Waals surface area contributed by atoms with Gasteiger partial charge in [0.15, 0.2) is 5.78 Å². The fraction of sp³-hybridized carbons (Fsp3) is 0.312. The van der Waals surface area contributed by atoms with E-state index in [4.69, 9.17) is 0 Å². The Labute approximate surface area is 118 Å². The van der Waals surface area contributed by atoms with Gasteiger partial charge in [-0.15, -0.1) is 0 Å². The van der Waals surface area contributed by atoms with Gasteiger partial charge in [-0.1, -0.05) is 12.1 Å². The number of hydrogen-bond acceptors (Lipinski definition) is 3. The third kappa shape index (κ3) is 2.85. The molecule has 4 heteroatoms. The Kier molecular flexibility index (Phi) is 3.84. The topological polar surface area (TPSA) is 52.0 Å². The van der Waals surface area contributed by atoms with E-state index in [1.807, 2.05) is 26.0 Å². The van der Waals surface area contributed by atoms with Crippen molar-refractivity contribution in [2.24, 2.45) is 0 Å². The second-order valence-corrected chi connectivity index (χ2v) is 5.09. The summed E-state index contributed by atoms with van der Waals surface area (Å²) in [6.07, 6.45) is 0. The molecule has 0 N–H and O–H groups in total. The van der Waals surface area contributed by atoms with Gasteiger partial charge in [0, 0.05) is 17.3 Å². The van der Waals surface area contributed by atoms with Crippen molar-refractivity contribution in [2.45, 2.75) is 34.2 Å². The van der Waals surface area contributed by atoms with Crippen molar-refractivity contribution in [1.82, 2.24) is 9.55 Å². The van der Waals surface area contributed by atoms with Crippen LogP contribution < -0.4 is 5.56 Å². The van der Waals surface area contributed by atoms with Crippen molar-refractivity contribution >= 4 is 5.78 Å². The molecule has 0 saturated carbocycles. The molecule has 0 unspecified atom stereocenters. The Bertz CT molecular complexity index is 730. The molecule has 4 nitrogen and oxygen atoms in total. The number of nitrogens with zero attached hydrogens (tertiary/aromatic N) is 2. The van der Waals surface area contributed by atoms with Gasteiger partial charge in [0.05, 0.1) is 6.54 Å². The van der Waals surface area contributed by atoms with E-state index >= 15 is 0 Å². The van der Waals surface area contributed by atoms with Crippen molar-refractivity contribution in [3.8, 4) is 0 Å². The molecule has 0 spiro atoms. The highest BCUT2D eigenvalue weighted by Gasteiger charge is 2.11. The number of aryl methyl sites for hydroxylation is 4. The molecule has 1 aromatic carbocycles. The third-order valence-corrected chi connectivity index (χ3v) is 3.46. The zero-order valence-electron chi connectivity index (χ0n) is 12.2. The van der Waals surface area contributed by atoms with Gasteiger partial charge in [-0.2, -0.15) is 0 Å². The molecule has 0 amide bonds. The predicted molar refractivity (Wildman–Crippen MR) is 78.2 cm³/mol. The lowest BCUT2D eigenvalue weighted by molar-refractivity contribution is 0.0969. The zero-order chi connectivity index (χ0) is 14.9. The van der Waals surface area contributed by atoms with Crippen molar-refractivity contribution in [3.63, 3.8) is 0 Å². The molecule has 20 heavy (non-hydrogen) atoms. The Morgan fingerprint density at radius 1 is 1.10 bits per heavy atom. The first-order valence-electron chi connectivity index (χ1n) is 6.54. The number of benzene rings is 1. The molecular weight excluding hydrogens is 252 g/mol. The Hall–Kier alpha value is -2.23. The molecule has 104 valence electrons. The number of rotatable bonds is 3. The molecular formula is C16H18N2O2. The maximum atomic E-state index is 12.3. The normalized spacial score (nSPS) is 10.6. The molecule has 0 aliphatic rings. The van der Waals surface area contributed by atoms with Crippen LogP contribution in [0.15, 0.2) is 29.1 Å². The van der Waals surface area contributed by atoms with Crippen LogP contribution in [0.3, 0.4) is 0 Å². The molecule has 0 atom stereocenters. The van der Waals surface area contributed by atoms with Crippen LogP contribution in [0.4, 0.5) is 0 Å². The minimum absolute atomic E-state index is 0.0282. The van der Waals surface area contributed by atoms with E-state index in [9.17, 15) is 9.59 Å². The van der Waals surface area contributed by atoms with Crippen LogP contribution in [0.2, 0.25) is 0 Å². The minimum Gasteiger partial charge on any atom is -0.292 e. The zero-order valence-corrected chi connectivity index (χ0v) is 12.2. The molecule has 0 saturated heterocycles. The molecule has 0 aliphatic heterocycles. The summed E-state index contributed by atoms with van der Waals surface area (Å²) < 4.78 is 1.41. The number of hydrogen-bond donors (Lipinski definition) is 0. The predicted octanol–water partition coefficient (Wildman–Crippen LogP) is 2.36. The highest BCUT2D eigenvalue weighted by molar-refractivity contribution is 5.96. The Balaban J connectivity index is 2.33. The fourth-order valence-corrected chi connectivity index (χ4v) is 2.11. The number of carbonyl (C=O) groups is 1. The van der Waals surface area contributed by atoms with Gasteiger partial charge in [-0.25, -0.2) is 4.98 Å². The van der Waals surface area contributed by atoms with Crippen molar-refractivity contribution < 1.29 is 4.79 Å². The van der Waals surface area contributed by atoms with Crippen LogP contribution in [0.25, 0.3) is 0 Å². The Morgan fingerprint density at radius 3 is 2.40 bits per heavy atom. The van der Waals surface area contributed by atoms with Crippen molar-refractivity contribution in [1.29, 1.82) is 0 Å². The largest absolute Gasteiger partial charge is 0.292 e. The van der Waals surface area contributed by atoms with Gasteiger partial charge in [0.25, 0.3) is 5.56 Å². The average Bonchev–Trinajstić information content (AvgIpc) is 2.36. The standard InChI is InChI=1S/C16H18N2O2/c1-10-5-6-14(7-11(10)2)15(19)9-18-13(4)17-12(3)8-16(18)20/h5-8H,9H2,1-4H3. The minimum atomic E-state index is -0.188. The SMILES string of the molecule is Cc1cc(=O)n(CC(=O)c2ccc(C)c(C)c2)c(C)n1. The fourth-order valence-electron chi connectivity index (χ4n) is 2.11. The van der Waals surface area contributed by atoms with Crippen LogP contribution in [0.5, 0.6) is 0 Å². The van der Waals surface area contributed by atoms with Gasteiger partial charge in [0.2, 0.25) is 0 Å². The molecule has 2 rings (SSSR count). The van der Waals surface area contributed by atoms with Gasteiger partial charge in [0.1, 0.15) is 5.82 Å². The maximum Gasteiger partial charge on any atom is 0.254 e. The summed E-state index contributed by atoms with van der Waals surface area (Å²) in [5.41, 5.74) is 3.32. The number of ketones is 1. The van der Waals surface area contributed by atoms with Crippen molar-refractivity contribution in [3.05, 3.63) is 62.8 Å². The number of aromatic nitrogens is 2. The van der Waals surface area contributed by atoms with E-state index in [1.165, 1.54) is 10.6 Å². The van der Waals surface area contributed by atoms with Crippen molar-refractivity contribution in [2.75, 3.05) is 0 Å². The van der Waals surface area contributed by atoms with E-state index in [1.54, 1.807) is 19.9 Å². The van der Waals surface area contributed by atoms with Crippen LogP contribution in [0.1, 0.15) is 33.0 Å². The molecule has 0 bridgehead atoms. The van der Waals surface area contributed by atoms with E-state index in [0.717, 1.165) is 11.1 Å². The third-order valence-electron chi connectivity index (χ3n) is 3.46. The smallest absolute Gasteiger partial charge is 0.254 e. The van der Waals surface area contributed by atoms with E-state index in [0.29, 0.717) is 17.1 Å². The van der Waals surface area contributed by atoms with Gasteiger partial charge >= 0.3 is 0 Å². The molecule has 0 radical (unpaired) electrons. The summed E-state index contributed by atoms with van der Waals surface area (Å²) in [6, 6.07) is 7.03. The highest BCUT2D eigenvalue weighted by atomic mass is 16.1. The summed E-state index contributed by atoms with van der Waals surface area (Å²) in [4.78, 5) is 28.4. The quantitative estimate of drug-likeness (QED) is 0.804. The second kappa shape index (κ2) is 5.41. The van der Waals surface area contributed by atoms with Gasteiger partial charge in [-0.05, 0) is 44.9 Å². The van der Waals surface area contributed by atoms with Gasteiger partial charge in [-0.3, -0.25) is 14.2 Å². The molecule has 1 aromatic heterocycles. The summed E-state index contributed by atoms with van der Waals surface area (Å²) in [6.45, 7) is 7.51. The molecule has 0 aliphatic carbocycles. The van der Waals surface area contributed by atoms with Crippen LogP contribution in [-0.4, -0.2) is 15.3 Å². The first-order chi connectivity index (χ1) is 9.38. The molecule has 1 heterocycles. The van der Waals surface area contributed by atoms with Crippen LogP contribution in [-0.2, 0) is 6.54 Å². The van der Waals surface area contributed by atoms with E-state index < -0.39 is 0 Å². The average molecular weight is 270 g/mol. The lowest BCUT2D eigenvalue weighted by Gasteiger charge is -2.09. The highest BCUT2D eigenvalue weighted by Crippen LogP contribution is 2.11. The number of Topliss-reactive ketones (excluding diaryl/α,β-unsaturated/α-hetero) is 1. The molecule has 2 aromatic rings. The summed E-state index contributed by atoms with van der Waals surface area (Å²) >= 11 is 0. The monoisotopic (exact) mass is 270 g/mol. The summed E-state index contributed by atoms with van der Waals surface area (Å²) in [7, 11) is 0. The lowest BCUT2D eigenvalue weighted by Crippen LogP contribution is -2.27. The van der Waals surface area contributed by atoms with Crippen LogP contribution in [0, 0.1) is 27.7 Å².